The van der Waals surface area contributed by atoms with E-state index in [1.165, 1.54) is 18.2 Å². The second-order valence-electron chi connectivity index (χ2n) is 14.6. The number of amides is 1. The van der Waals surface area contributed by atoms with Gasteiger partial charge in [0.15, 0.2) is 0 Å². The van der Waals surface area contributed by atoms with Crippen molar-refractivity contribution in [3.8, 4) is 34.0 Å². The van der Waals surface area contributed by atoms with Crippen molar-refractivity contribution >= 4 is 49.1 Å². The van der Waals surface area contributed by atoms with Crippen LogP contribution in [0, 0.1) is 5.82 Å². The summed E-state index contributed by atoms with van der Waals surface area (Å²) in [6.45, 7) is 7.01. The van der Waals surface area contributed by atoms with Crippen LogP contribution in [-0.2, 0) is 23.6 Å². The van der Waals surface area contributed by atoms with Gasteiger partial charge in [-0.05, 0) is 112 Å². The van der Waals surface area contributed by atoms with Crippen LogP contribution in [0.3, 0.4) is 0 Å². The van der Waals surface area contributed by atoms with Crippen molar-refractivity contribution in [2.45, 2.75) is 37.9 Å². The van der Waals surface area contributed by atoms with Gasteiger partial charge in [0.25, 0.3) is 5.91 Å². The molecule has 0 atom stereocenters. The Bertz CT molecular complexity index is 2110. The molecule has 0 bridgehead atoms. The molecule has 7 rings (SSSR count). The van der Waals surface area contributed by atoms with Crippen molar-refractivity contribution in [1.29, 1.82) is 0 Å². The Balaban J connectivity index is 0.000000208. The maximum absolute atomic E-state index is 13.5. The van der Waals surface area contributed by atoms with Gasteiger partial charge in [-0.2, -0.15) is 10.2 Å². The second kappa shape index (κ2) is 21.3. The molecule has 13 nitrogen and oxygen atoms in total. The number of ether oxygens (including phenoxy) is 4. The van der Waals surface area contributed by atoms with Crippen LogP contribution in [0.15, 0.2) is 82.0 Å². The van der Waals surface area contributed by atoms with Gasteiger partial charge in [-0.15, -0.1) is 0 Å². The van der Waals surface area contributed by atoms with Crippen molar-refractivity contribution in [3.05, 3.63) is 93.4 Å². The number of hydrogen-bond donors (Lipinski definition) is 2. The maximum atomic E-state index is 13.5. The van der Waals surface area contributed by atoms with E-state index in [0.29, 0.717) is 42.5 Å². The molecule has 3 N–H and O–H groups in total. The number of nitrogens with zero attached hydrogens (tertiary/aromatic N) is 6. The topological polar surface area (TPSA) is 134 Å². The van der Waals surface area contributed by atoms with Gasteiger partial charge in [-0.1, -0.05) is 6.07 Å². The summed E-state index contributed by atoms with van der Waals surface area (Å²) in [5.41, 5.74) is 11.1. The van der Waals surface area contributed by atoms with Crippen molar-refractivity contribution in [2.24, 2.45) is 14.1 Å². The van der Waals surface area contributed by atoms with Crippen LogP contribution >= 0.6 is 31.9 Å². The Hall–Kier alpha value is -4.32. The summed E-state index contributed by atoms with van der Waals surface area (Å²) in [5.74, 6) is 0.676. The first-order chi connectivity index (χ1) is 28.5. The Morgan fingerprint density at radius 2 is 1.27 bits per heavy atom. The van der Waals surface area contributed by atoms with Gasteiger partial charge >= 0.3 is 0 Å². The number of anilines is 2. The molecule has 2 saturated heterocycles. The lowest BCUT2D eigenvalue weighted by atomic mass is 10.1. The molecule has 2 aliphatic rings. The molecular formula is C43H53Br2FN8O5. The molecule has 0 aliphatic carbocycles. The number of nitrogens with one attached hydrogen (secondary N) is 1. The van der Waals surface area contributed by atoms with Crippen LogP contribution in [0.2, 0.25) is 0 Å². The Morgan fingerprint density at radius 3 is 1.75 bits per heavy atom. The lowest BCUT2D eigenvalue weighted by molar-refractivity contribution is 0.0375. The molecule has 0 unspecified atom stereocenters. The number of aryl methyl sites for hydroxylation is 2. The van der Waals surface area contributed by atoms with Gasteiger partial charge in [0.2, 0.25) is 0 Å². The molecule has 4 heterocycles. The fraction of sp³-hybridized carbons (Fsp3) is 0.419. The maximum Gasteiger partial charge on any atom is 0.255 e. The highest BCUT2D eigenvalue weighted by Crippen LogP contribution is 2.38. The summed E-state index contributed by atoms with van der Waals surface area (Å²) >= 11 is 7.12. The number of carbonyl (C=O) groups is 1. The molecule has 16 heteroatoms. The Labute approximate surface area is 362 Å². The molecule has 59 heavy (non-hydrogen) atoms. The lowest BCUT2D eigenvalue weighted by Gasteiger charge is -2.31. The van der Waals surface area contributed by atoms with E-state index in [1.807, 2.05) is 49.1 Å². The number of carbonyl (C=O) groups excluding carboxylic acids is 1. The number of piperidine rings is 2. The highest BCUT2D eigenvalue weighted by molar-refractivity contribution is 9.11. The molecule has 0 saturated carbocycles. The minimum Gasteiger partial charge on any atom is -0.492 e. The van der Waals surface area contributed by atoms with E-state index in [-0.39, 0.29) is 11.5 Å². The summed E-state index contributed by atoms with van der Waals surface area (Å²) in [6, 6.07) is 16.8. The van der Waals surface area contributed by atoms with Crippen molar-refractivity contribution in [1.82, 2.24) is 29.4 Å². The molecule has 2 fully saturated rings. The third-order valence-corrected chi connectivity index (χ3v) is 11.9. The molecule has 0 spiro atoms. The summed E-state index contributed by atoms with van der Waals surface area (Å²) in [7, 11) is 7.32. The van der Waals surface area contributed by atoms with Crippen LogP contribution in [-0.4, -0.2) is 114 Å². The summed E-state index contributed by atoms with van der Waals surface area (Å²) < 4.78 is 42.0. The van der Waals surface area contributed by atoms with Gasteiger partial charge in [0.1, 0.15) is 30.5 Å². The van der Waals surface area contributed by atoms with E-state index < -0.39 is 5.82 Å². The van der Waals surface area contributed by atoms with E-state index in [1.54, 1.807) is 43.4 Å². The SMILES string of the molecule is COC1CCN(CCOc2ccc(N)cc2-c2c(Br)cnn2C)CC1.COC1CCN(CCOc2ccc(NC(=O)c3cccc(F)c3)cc2-c2c(Br)cnn2C)CC1. The first kappa shape index (κ1) is 44.2. The molecule has 3 aromatic carbocycles. The normalized spacial score (nSPS) is 15.4. The van der Waals surface area contributed by atoms with Gasteiger partial charge in [0.05, 0.1) is 44.9 Å². The predicted molar refractivity (Wildman–Crippen MR) is 235 cm³/mol. The molecule has 1 amide bonds. The van der Waals surface area contributed by atoms with E-state index in [4.69, 9.17) is 24.7 Å². The fourth-order valence-electron chi connectivity index (χ4n) is 7.34. The second-order valence-corrected chi connectivity index (χ2v) is 16.3. The Morgan fingerprint density at radius 1 is 0.763 bits per heavy atom. The van der Waals surface area contributed by atoms with Crippen LogP contribution in [0.1, 0.15) is 36.0 Å². The van der Waals surface area contributed by atoms with Gasteiger partial charge in [0, 0.05) is 95.6 Å². The van der Waals surface area contributed by atoms with Crippen LogP contribution < -0.4 is 20.5 Å². The van der Waals surface area contributed by atoms with E-state index in [0.717, 1.165) is 102 Å². The zero-order valence-corrected chi connectivity index (χ0v) is 37.2. The van der Waals surface area contributed by atoms with Crippen LogP contribution in [0.25, 0.3) is 22.5 Å². The van der Waals surface area contributed by atoms with Gasteiger partial charge in [-0.25, -0.2) is 4.39 Å². The quantitative estimate of drug-likeness (QED) is 0.107. The predicted octanol–water partition coefficient (Wildman–Crippen LogP) is 7.65. The number of likely N-dealkylation sites (tertiary alicyclic amines) is 2. The lowest BCUT2D eigenvalue weighted by Crippen LogP contribution is -2.38. The monoisotopic (exact) mass is 938 g/mol. The van der Waals surface area contributed by atoms with Crippen molar-refractivity contribution in [2.75, 3.05) is 77.8 Å². The molecule has 0 radical (unpaired) electrons. The molecule has 316 valence electrons. The van der Waals surface area contributed by atoms with Gasteiger partial charge < -0.3 is 30.0 Å². The largest absolute Gasteiger partial charge is 0.492 e. The number of halogens is 3. The molecular weight excluding hydrogens is 887 g/mol. The first-order valence-electron chi connectivity index (χ1n) is 19.7. The average molecular weight is 941 g/mol. The number of nitrogens with two attached hydrogens (primary N) is 1. The van der Waals surface area contributed by atoms with E-state index in [9.17, 15) is 9.18 Å². The minimum atomic E-state index is -0.456. The highest BCUT2D eigenvalue weighted by atomic mass is 79.9. The number of methoxy groups -OCH3 is 2. The van der Waals surface area contributed by atoms with Gasteiger partial charge in [-0.3, -0.25) is 24.0 Å². The smallest absolute Gasteiger partial charge is 0.255 e. The standard InChI is InChI=1S/C25H28BrFN4O3.C18H25BrN4O2/c1-30-24(22(26)16-28-30)21-15-19(29-25(32)17-4-3-5-18(27)14-17)6-7-23(21)34-13-12-31-10-8-20(33-2)9-11-31;1-22-18(16(19)12-21-22)15-11-13(20)3-4-17(15)25-10-9-23-7-5-14(24-2)6-8-23/h3-7,14-16,20H,8-13H2,1-2H3,(H,29,32);3-4,11-12,14H,5-10,20H2,1-2H3. The average Bonchev–Trinajstić information content (AvgIpc) is 3.76. The number of hydrogen-bond acceptors (Lipinski definition) is 10. The zero-order chi connectivity index (χ0) is 41.9. The number of aromatic nitrogens is 4. The molecule has 5 aromatic rings. The minimum absolute atomic E-state index is 0.251. The molecule has 2 aromatic heterocycles. The zero-order valence-electron chi connectivity index (χ0n) is 34.0. The van der Waals surface area contributed by atoms with E-state index >= 15 is 0 Å². The highest BCUT2D eigenvalue weighted by Gasteiger charge is 2.22. The Kier molecular flexibility index (Phi) is 16.0. The van der Waals surface area contributed by atoms with Crippen molar-refractivity contribution < 1.29 is 28.1 Å². The summed E-state index contributed by atoms with van der Waals surface area (Å²) in [5, 5.41) is 11.4. The molecule has 2 aliphatic heterocycles. The first-order valence-corrected chi connectivity index (χ1v) is 21.3. The summed E-state index contributed by atoms with van der Waals surface area (Å²) in [4.78, 5) is 17.4. The van der Waals surface area contributed by atoms with Crippen LogP contribution in [0.4, 0.5) is 15.8 Å². The van der Waals surface area contributed by atoms with E-state index in [2.05, 4.69) is 57.2 Å². The number of benzene rings is 3. The number of rotatable bonds is 14. The third-order valence-electron chi connectivity index (χ3n) is 10.7. The number of nitrogen functional groups attached to an aromatic ring is 1. The summed E-state index contributed by atoms with van der Waals surface area (Å²) in [6.07, 6.45) is 8.49. The van der Waals surface area contributed by atoms with Crippen molar-refractivity contribution in [3.63, 3.8) is 0 Å². The fourth-order valence-corrected chi connectivity index (χ4v) is 8.47. The third kappa shape index (κ3) is 11.9. The van der Waals surface area contributed by atoms with Crippen LogP contribution in [0.5, 0.6) is 11.5 Å².